The van der Waals surface area contributed by atoms with Crippen LogP contribution in [0.2, 0.25) is 0 Å². The number of nitrogens with one attached hydrogen (secondary N) is 2. The van der Waals surface area contributed by atoms with Crippen molar-refractivity contribution in [2.45, 2.75) is 33.0 Å². The van der Waals surface area contributed by atoms with Crippen molar-refractivity contribution in [1.29, 1.82) is 0 Å². The summed E-state index contributed by atoms with van der Waals surface area (Å²) < 4.78 is 21.6. The number of carbonyl (C=O) groups excluding carboxylic acids is 2. The van der Waals surface area contributed by atoms with Crippen LogP contribution in [0.25, 0.3) is 10.4 Å². The standard InChI is InChI=1S/C24H25N2O5PS/c1-24(2,3)31-23(28)26-19-12-11-18(21-6-5-13-33-21)14-20(19)25-22(27)17-9-7-16(8-10-17)15-30-32(4)29/h5-14H,15H2,1-4H3,(H-,25,26,27,28)/p+1. The van der Waals surface area contributed by atoms with E-state index in [1.807, 2.05) is 29.6 Å². The Kier molecular flexibility index (Phi) is 7.97. The largest absolute Gasteiger partial charge is 0.505 e. The van der Waals surface area contributed by atoms with E-state index < -0.39 is 19.7 Å². The van der Waals surface area contributed by atoms with Crippen molar-refractivity contribution in [1.82, 2.24) is 0 Å². The molecule has 1 aromatic heterocycles. The highest BCUT2D eigenvalue weighted by Crippen LogP contribution is 2.32. The van der Waals surface area contributed by atoms with Crippen LogP contribution < -0.4 is 10.6 Å². The van der Waals surface area contributed by atoms with E-state index in [0.29, 0.717) is 16.9 Å². The molecular formula is C24H26N2O5PS+. The molecule has 3 rings (SSSR count). The van der Waals surface area contributed by atoms with Crippen LogP contribution in [0.3, 0.4) is 0 Å². The van der Waals surface area contributed by atoms with E-state index >= 15 is 0 Å². The van der Waals surface area contributed by atoms with Crippen LogP contribution in [0, 0.1) is 0 Å². The van der Waals surface area contributed by atoms with E-state index in [2.05, 4.69) is 10.6 Å². The molecule has 1 atom stereocenters. The van der Waals surface area contributed by atoms with Crippen LogP contribution in [0.5, 0.6) is 0 Å². The van der Waals surface area contributed by atoms with Gasteiger partial charge in [0.2, 0.25) is 0 Å². The molecule has 1 heterocycles. The molecule has 1 unspecified atom stereocenters. The van der Waals surface area contributed by atoms with E-state index in [0.717, 1.165) is 16.0 Å². The zero-order valence-electron chi connectivity index (χ0n) is 18.9. The number of hydrogen-bond acceptors (Lipinski definition) is 6. The van der Waals surface area contributed by atoms with Crippen molar-refractivity contribution in [2.75, 3.05) is 17.3 Å². The van der Waals surface area contributed by atoms with E-state index in [4.69, 9.17) is 9.26 Å². The Balaban J connectivity index is 1.82. The lowest BCUT2D eigenvalue weighted by atomic mass is 10.1. The molecule has 0 aliphatic carbocycles. The summed E-state index contributed by atoms with van der Waals surface area (Å²) in [5.41, 5.74) is 2.38. The maximum absolute atomic E-state index is 12.9. The first-order valence-electron chi connectivity index (χ1n) is 10.2. The van der Waals surface area contributed by atoms with Crippen molar-refractivity contribution in [2.24, 2.45) is 0 Å². The third kappa shape index (κ3) is 7.49. The number of anilines is 2. The fraction of sp³-hybridized carbons (Fsp3) is 0.250. The number of carbonyl (C=O) groups is 2. The highest BCUT2D eigenvalue weighted by Gasteiger charge is 2.19. The van der Waals surface area contributed by atoms with Gasteiger partial charge in [-0.25, -0.2) is 4.79 Å². The fourth-order valence-corrected chi connectivity index (χ4v) is 3.93. The molecular weight excluding hydrogens is 459 g/mol. The van der Waals surface area contributed by atoms with Gasteiger partial charge in [0, 0.05) is 10.4 Å². The molecule has 2 amide bonds. The molecule has 9 heteroatoms. The van der Waals surface area contributed by atoms with Gasteiger partial charge in [-0.2, -0.15) is 0 Å². The predicted molar refractivity (Wildman–Crippen MR) is 132 cm³/mol. The van der Waals surface area contributed by atoms with Crippen LogP contribution >= 0.6 is 19.4 Å². The Morgan fingerprint density at radius 1 is 1.00 bits per heavy atom. The maximum atomic E-state index is 12.9. The summed E-state index contributed by atoms with van der Waals surface area (Å²) in [7, 11) is -1.69. The summed E-state index contributed by atoms with van der Waals surface area (Å²) >= 11 is 1.58. The van der Waals surface area contributed by atoms with E-state index in [-0.39, 0.29) is 12.5 Å². The van der Waals surface area contributed by atoms with Crippen LogP contribution in [0.15, 0.2) is 60.0 Å². The molecule has 172 valence electrons. The normalized spacial score (nSPS) is 11.6. The number of hydrogen-bond donors (Lipinski definition) is 2. The van der Waals surface area contributed by atoms with Gasteiger partial charge in [0.1, 0.15) is 12.2 Å². The fourth-order valence-electron chi connectivity index (χ4n) is 2.88. The molecule has 0 aliphatic rings. The van der Waals surface area contributed by atoms with E-state index in [9.17, 15) is 14.2 Å². The van der Waals surface area contributed by atoms with Crippen molar-refractivity contribution < 1.29 is 23.4 Å². The van der Waals surface area contributed by atoms with Gasteiger partial charge in [0.15, 0.2) is 6.66 Å². The highest BCUT2D eigenvalue weighted by atomic mass is 32.1. The van der Waals surface area contributed by atoms with Crippen molar-refractivity contribution >= 4 is 42.7 Å². The first-order valence-corrected chi connectivity index (χ1v) is 12.7. The molecule has 0 saturated carbocycles. The van der Waals surface area contributed by atoms with Crippen LogP contribution in [-0.2, 0) is 20.4 Å². The number of rotatable bonds is 7. The topological polar surface area (TPSA) is 93.7 Å². The smallest absolute Gasteiger partial charge is 0.444 e. The van der Waals surface area contributed by atoms with Crippen LogP contribution in [-0.4, -0.2) is 24.3 Å². The summed E-state index contributed by atoms with van der Waals surface area (Å²) in [6, 6.07) is 16.2. The lowest BCUT2D eigenvalue weighted by Crippen LogP contribution is -2.27. The van der Waals surface area contributed by atoms with E-state index in [1.54, 1.807) is 62.4 Å². The molecule has 7 nitrogen and oxygen atoms in total. The second kappa shape index (κ2) is 10.7. The first-order chi connectivity index (χ1) is 15.6. The zero-order chi connectivity index (χ0) is 24.0. The highest BCUT2D eigenvalue weighted by molar-refractivity contribution is 7.38. The van der Waals surface area contributed by atoms with Gasteiger partial charge in [-0.3, -0.25) is 10.1 Å². The predicted octanol–water partition coefficient (Wildman–Crippen LogP) is 6.90. The maximum Gasteiger partial charge on any atom is 0.505 e. The number of thiophene rings is 1. The molecule has 0 radical (unpaired) electrons. The van der Waals surface area contributed by atoms with Gasteiger partial charge < -0.3 is 10.1 Å². The Labute approximate surface area is 198 Å². The summed E-state index contributed by atoms with van der Waals surface area (Å²) in [5, 5.41) is 7.57. The third-order valence-electron chi connectivity index (χ3n) is 4.34. The summed E-state index contributed by atoms with van der Waals surface area (Å²) in [6.45, 7) is 7.04. The third-order valence-corrected chi connectivity index (χ3v) is 5.75. The molecule has 33 heavy (non-hydrogen) atoms. The van der Waals surface area contributed by atoms with Gasteiger partial charge in [-0.15, -0.1) is 15.9 Å². The molecule has 0 fully saturated rings. The number of benzene rings is 2. The minimum Gasteiger partial charge on any atom is -0.444 e. The quantitative estimate of drug-likeness (QED) is 0.355. The van der Waals surface area contributed by atoms with Crippen LogP contribution in [0.4, 0.5) is 16.2 Å². The molecule has 0 aliphatic heterocycles. The average molecular weight is 486 g/mol. The Morgan fingerprint density at radius 3 is 2.33 bits per heavy atom. The van der Waals surface area contributed by atoms with Crippen molar-refractivity contribution in [3.8, 4) is 10.4 Å². The lowest BCUT2D eigenvalue weighted by molar-refractivity contribution is 0.0635. The zero-order valence-corrected chi connectivity index (χ0v) is 20.6. The molecule has 2 N–H and O–H groups in total. The van der Waals surface area contributed by atoms with Crippen molar-refractivity contribution in [3.05, 3.63) is 71.1 Å². The SMILES string of the molecule is C[P+](=O)OCc1ccc(C(=O)Nc2cc(-c3cccs3)ccc2NC(=O)OC(C)(C)C)cc1. The summed E-state index contributed by atoms with van der Waals surface area (Å²) in [6.07, 6.45) is -0.611. The Morgan fingerprint density at radius 2 is 1.73 bits per heavy atom. The molecule has 3 aromatic rings. The molecule has 0 spiro atoms. The van der Waals surface area contributed by atoms with Gasteiger partial charge >= 0.3 is 14.1 Å². The molecule has 0 bridgehead atoms. The number of ether oxygens (including phenoxy) is 1. The molecule has 0 saturated heterocycles. The number of amides is 2. The van der Waals surface area contributed by atoms with E-state index in [1.165, 1.54) is 6.66 Å². The lowest BCUT2D eigenvalue weighted by Gasteiger charge is -2.21. The minimum absolute atomic E-state index is 0.209. The second-order valence-electron chi connectivity index (χ2n) is 8.23. The van der Waals surface area contributed by atoms with Gasteiger partial charge in [-0.1, -0.05) is 24.3 Å². The Hall–Kier alpha value is -3.06. The van der Waals surface area contributed by atoms with Gasteiger partial charge in [-0.05, 0) is 72.2 Å². The second-order valence-corrected chi connectivity index (χ2v) is 10.3. The molecule has 2 aromatic carbocycles. The summed E-state index contributed by atoms with van der Waals surface area (Å²) in [5.74, 6) is -0.334. The summed E-state index contributed by atoms with van der Waals surface area (Å²) in [4.78, 5) is 26.3. The van der Waals surface area contributed by atoms with Gasteiger partial charge in [0.25, 0.3) is 5.91 Å². The van der Waals surface area contributed by atoms with Crippen molar-refractivity contribution in [3.63, 3.8) is 0 Å². The first kappa shape index (κ1) is 24.6. The monoisotopic (exact) mass is 485 g/mol. The average Bonchev–Trinajstić information content (AvgIpc) is 3.27. The van der Waals surface area contributed by atoms with Gasteiger partial charge in [0.05, 0.1) is 11.4 Å². The van der Waals surface area contributed by atoms with Crippen LogP contribution in [0.1, 0.15) is 36.7 Å². The minimum atomic E-state index is -1.69. The Bertz CT molecular complexity index is 1140.